The summed E-state index contributed by atoms with van der Waals surface area (Å²) in [6.45, 7) is 1.63. The predicted octanol–water partition coefficient (Wildman–Crippen LogP) is -1.78. The van der Waals surface area contributed by atoms with Crippen LogP contribution in [0.15, 0.2) is 11.6 Å². The van der Waals surface area contributed by atoms with Crippen molar-refractivity contribution in [3.8, 4) is 0 Å². The van der Waals surface area contributed by atoms with Crippen molar-refractivity contribution in [2.24, 2.45) is 11.8 Å². The van der Waals surface area contributed by atoms with Crippen LogP contribution in [0, 0.1) is 11.8 Å². The minimum atomic E-state index is -1.58. The predicted molar refractivity (Wildman–Crippen MR) is 97.1 cm³/mol. The number of aliphatic hydroxyl groups is 6. The molecule has 2 heterocycles. The van der Waals surface area contributed by atoms with E-state index in [1.807, 2.05) is 6.92 Å². The summed E-state index contributed by atoms with van der Waals surface area (Å²) in [6.07, 6.45) is -5.88. The molecule has 10 atom stereocenters. The number of ether oxygens (including phenoxy) is 4. The van der Waals surface area contributed by atoms with Gasteiger partial charge in [-0.3, -0.25) is 0 Å². The molecular formula is C19H32O10. The molecular weight excluding hydrogens is 388 g/mol. The average molecular weight is 420 g/mol. The molecule has 0 unspecified atom stereocenters. The van der Waals surface area contributed by atoms with Gasteiger partial charge in [0.25, 0.3) is 0 Å². The van der Waals surface area contributed by atoms with Crippen LogP contribution in [0.2, 0.25) is 0 Å². The largest absolute Gasteiger partial charge is 0.394 e. The fraction of sp³-hybridized carbons (Fsp3) is 0.895. The Balaban J connectivity index is 1.75. The van der Waals surface area contributed by atoms with Gasteiger partial charge in [0.15, 0.2) is 18.9 Å². The monoisotopic (exact) mass is 420 g/mol. The minimum Gasteiger partial charge on any atom is -0.394 e. The van der Waals surface area contributed by atoms with E-state index in [9.17, 15) is 30.6 Å². The number of hydrogen-bond donors (Lipinski definition) is 6. The molecule has 29 heavy (non-hydrogen) atoms. The first kappa shape index (κ1) is 23.0. The lowest BCUT2D eigenvalue weighted by molar-refractivity contribution is -0.374. The van der Waals surface area contributed by atoms with Gasteiger partial charge >= 0.3 is 0 Å². The van der Waals surface area contributed by atoms with E-state index in [0.29, 0.717) is 18.6 Å². The van der Waals surface area contributed by atoms with Gasteiger partial charge in [-0.15, -0.1) is 0 Å². The summed E-state index contributed by atoms with van der Waals surface area (Å²) < 4.78 is 22.9. The second-order valence-corrected chi connectivity index (χ2v) is 7.81. The first-order chi connectivity index (χ1) is 13.9. The molecule has 0 spiro atoms. The minimum absolute atomic E-state index is 0.294. The molecule has 2 aliphatic heterocycles. The van der Waals surface area contributed by atoms with Gasteiger partial charge in [0.05, 0.1) is 19.3 Å². The van der Waals surface area contributed by atoms with Gasteiger partial charge in [-0.2, -0.15) is 0 Å². The van der Waals surface area contributed by atoms with Crippen molar-refractivity contribution in [1.29, 1.82) is 0 Å². The molecule has 0 aromatic heterocycles. The molecule has 0 saturated carbocycles. The topological polar surface area (TPSA) is 158 Å². The maximum atomic E-state index is 10.4. The van der Waals surface area contributed by atoms with Crippen LogP contribution in [0.1, 0.15) is 26.2 Å². The second-order valence-electron chi connectivity index (χ2n) is 7.81. The summed E-state index contributed by atoms with van der Waals surface area (Å²) in [5.41, 5.74) is 0.545. The summed E-state index contributed by atoms with van der Waals surface area (Å²) in [5.74, 6) is -0.805. The highest BCUT2D eigenvalue weighted by Gasteiger charge is 2.51. The Morgan fingerprint density at radius 1 is 1.03 bits per heavy atom. The van der Waals surface area contributed by atoms with E-state index in [0.717, 1.165) is 12.8 Å². The molecule has 0 radical (unpaired) electrons. The summed E-state index contributed by atoms with van der Waals surface area (Å²) in [5, 5.41) is 59.6. The van der Waals surface area contributed by atoms with Crippen LogP contribution >= 0.6 is 0 Å². The van der Waals surface area contributed by atoms with E-state index in [1.54, 1.807) is 6.08 Å². The average Bonchev–Trinajstić information content (AvgIpc) is 3.04. The van der Waals surface area contributed by atoms with Gasteiger partial charge in [-0.1, -0.05) is 19.4 Å². The summed E-state index contributed by atoms with van der Waals surface area (Å²) in [6, 6.07) is 0. The lowest BCUT2D eigenvalue weighted by Crippen LogP contribution is -2.60. The molecule has 0 aromatic rings. The third kappa shape index (κ3) is 4.82. The molecule has 2 fully saturated rings. The molecule has 3 aliphatic rings. The Morgan fingerprint density at radius 2 is 1.79 bits per heavy atom. The maximum absolute atomic E-state index is 10.4. The maximum Gasteiger partial charge on any atom is 0.189 e. The van der Waals surface area contributed by atoms with Crippen molar-refractivity contribution in [2.45, 2.75) is 75.6 Å². The highest BCUT2D eigenvalue weighted by Crippen LogP contribution is 2.44. The summed E-state index contributed by atoms with van der Waals surface area (Å²) >= 11 is 0. The summed E-state index contributed by atoms with van der Waals surface area (Å²) in [7, 11) is 0. The molecule has 168 valence electrons. The highest BCUT2D eigenvalue weighted by atomic mass is 16.8. The summed E-state index contributed by atoms with van der Waals surface area (Å²) in [4.78, 5) is 0. The van der Waals surface area contributed by atoms with Crippen molar-refractivity contribution in [2.75, 3.05) is 19.8 Å². The molecule has 3 rings (SSSR count). The number of unbranched alkanes of at least 4 members (excludes halogenated alkanes) is 1. The van der Waals surface area contributed by atoms with Gasteiger partial charge in [-0.05, 0) is 12.0 Å². The lowest BCUT2D eigenvalue weighted by atomic mass is 9.84. The molecule has 0 amide bonds. The van der Waals surface area contributed by atoms with Crippen molar-refractivity contribution in [1.82, 2.24) is 0 Å². The van der Waals surface area contributed by atoms with Gasteiger partial charge < -0.3 is 49.6 Å². The van der Waals surface area contributed by atoms with Crippen LogP contribution in [0.25, 0.3) is 0 Å². The van der Waals surface area contributed by atoms with Crippen LogP contribution in [0.3, 0.4) is 0 Å². The number of rotatable bonds is 8. The lowest BCUT2D eigenvalue weighted by Gasteiger charge is -2.45. The molecule has 2 saturated heterocycles. The van der Waals surface area contributed by atoms with Crippen molar-refractivity contribution >= 4 is 0 Å². The van der Waals surface area contributed by atoms with E-state index in [2.05, 4.69) is 0 Å². The Bertz CT molecular complexity index is 555. The number of fused-ring (bicyclic) bond motifs is 1. The second kappa shape index (κ2) is 10.1. The van der Waals surface area contributed by atoms with E-state index in [-0.39, 0.29) is 12.5 Å². The van der Waals surface area contributed by atoms with Crippen LogP contribution < -0.4 is 0 Å². The van der Waals surface area contributed by atoms with Crippen LogP contribution in [-0.4, -0.2) is 99.8 Å². The normalized spacial score (nSPS) is 45.1. The molecule has 1 aliphatic carbocycles. The third-order valence-electron chi connectivity index (χ3n) is 5.86. The van der Waals surface area contributed by atoms with Crippen molar-refractivity contribution in [3.05, 3.63) is 11.6 Å². The first-order valence-electron chi connectivity index (χ1n) is 10.1. The zero-order valence-electron chi connectivity index (χ0n) is 16.4. The van der Waals surface area contributed by atoms with Crippen molar-refractivity contribution < 1.29 is 49.6 Å². The fourth-order valence-electron chi connectivity index (χ4n) is 4.17. The Hall–Kier alpha value is -0.660. The fourth-order valence-corrected chi connectivity index (χ4v) is 4.17. The quantitative estimate of drug-likeness (QED) is 0.196. The van der Waals surface area contributed by atoms with Gasteiger partial charge in [0.1, 0.15) is 24.4 Å². The molecule has 0 aromatic carbocycles. The van der Waals surface area contributed by atoms with Crippen molar-refractivity contribution in [3.63, 3.8) is 0 Å². The van der Waals surface area contributed by atoms with Gasteiger partial charge in [0.2, 0.25) is 0 Å². The SMILES string of the molecule is CCCCO[C@@H]1C[C@@H]2[C@@H](C(CO)=C[C@H]2O)[C@H](O[C@@H]2O[C@H](CO)[C@@H](O)[C@H](O)[C@H]2O)O1. The van der Waals surface area contributed by atoms with Crippen LogP contribution in [-0.2, 0) is 18.9 Å². The Kier molecular flexibility index (Phi) is 8.01. The van der Waals surface area contributed by atoms with E-state index < -0.39 is 61.9 Å². The Morgan fingerprint density at radius 3 is 2.45 bits per heavy atom. The number of aliphatic hydroxyl groups excluding tert-OH is 6. The zero-order chi connectivity index (χ0) is 21.1. The van der Waals surface area contributed by atoms with Gasteiger partial charge in [0, 0.05) is 24.9 Å². The smallest absolute Gasteiger partial charge is 0.189 e. The van der Waals surface area contributed by atoms with Crippen LogP contribution in [0.5, 0.6) is 0 Å². The number of hydrogen-bond acceptors (Lipinski definition) is 10. The molecule has 6 N–H and O–H groups in total. The molecule has 0 bridgehead atoms. The first-order valence-corrected chi connectivity index (χ1v) is 10.1. The van der Waals surface area contributed by atoms with Gasteiger partial charge in [-0.25, -0.2) is 0 Å². The molecule has 10 nitrogen and oxygen atoms in total. The molecule has 10 heteroatoms. The van der Waals surface area contributed by atoms with E-state index in [1.165, 1.54) is 0 Å². The Labute approximate surface area is 169 Å². The zero-order valence-corrected chi connectivity index (χ0v) is 16.4. The van der Waals surface area contributed by atoms with Crippen LogP contribution in [0.4, 0.5) is 0 Å². The standard InChI is InChI=1S/C19H32O10/c1-2-3-4-26-13-6-10-11(22)5-9(7-20)14(10)18(28-13)29-19-17(25)16(24)15(23)12(8-21)27-19/h5,10-25H,2-4,6-8H2,1H3/t10-,11+,12+,13-,14+,15+,16-,17+,18-,19-/m0/s1. The van der Waals surface area contributed by atoms with E-state index in [4.69, 9.17) is 18.9 Å². The highest BCUT2D eigenvalue weighted by molar-refractivity contribution is 5.22. The van der Waals surface area contributed by atoms with E-state index >= 15 is 0 Å². The third-order valence-corrected chi connectivity index (χ3v) is 5.86.